The van der Waals surface area contributed by atoms with Crippen LogP contribution >= 0.6 is 0 Å². The summed E-state index contributed by atoms with van der Waals surface area (Å²) in [4.78, 5) is 24.6. The van der Waals surface area contributed by atoms with E-state index in [0.29, 0.717) is 25.9 Å². The number of aliphatic hydroxyl groups is 2. The number of carbonyl (C=O) groups excluding carboxylic acids is 2. The quantitative estimate of drug-likeness (QED) is 0.0320. The normalized spacial score (nSPS) is 12.6. The molecule has 0 heterocycles. The second kappa shape index (κ2) is 63.9. The smallest absolute Gasteiger partial charge is 0.305 e. The summed E-state index contributed by atoms with van der Waals surface area (Å²) >= 11 is 0. The molecule has 0 aliphatic rings. The van der Waals surface area contributed by atoms with Gasteiger partial charge in [0.1, 0.15) is 0 Å². The zero-order chi connectivity index (χ0) is 53.6. The largest absolute Gasteiger partial charge is 0.466 e. The van der Waals surface area contributed by atoms with Gasteiger partial charge in [-0.3, -0.25) is 9.59 Å². The number of ether oxygens (including phenoxy) is 1. The van der Waals surface area contributed by atoms with E-state index in [1.807, 2.05) is 0 Å². The van der Waals surface area contributed by atoms with Crippen molar-refractivity contribution in [2.45, 2.75) is 386 Å². The van der Waals surface area contributed by atoms with Gasteiger partial charge in [-0.15, -0.1) is 0 Å². The molecule has 438 valence electrons. The Morgan fingerprint density at radius 3 is 1.03 bits per heavy atom. The third-order valence-electron chi connectivity index (χ3n) is 15.8. The van der Waals surface area contributed by atoms with Gasteiger partial charge in [0.2, 0.25) is 5.91 Å². The summed E-state index contributed by atoms with van der Waals surface area (Å²) in [5, 5.41) is 23.3. The van der Waals surface area contributed by atoms with E-state index < -0.39 is 12.1 Å². The molecule has 0 spiro atoms. The number of aliphatic hydroxyl groups excluding tert-OH is 2. The van der Waals surface area contributed by atoms with Gasteiger partial charge in [-0.2, -0.15) is 0 Å². The summed E-state index contributed by atoms with van der Waals surface area (Å²) in [5.41, 5.74) is 0. The minimum absolute atomic E-state index is 0.0140. The monoisotopic (exact) mass is 1040 g/mol. The standard InChI is InChI=1S/C68H131NO5/c1-3-5-7-9-11-13-15-17-19-20-31-34-38-42-46-50-54-58-62-68(73)74-63-59-55-51-47-43-39-35-32-29-27-25-23-21-22-24-26-28-30-33-37-41-45-49-53-57-61-67(72)69-65(64-70)66(71)60-56-52-48-44-40-36-18-16-14-12-10-8-6-4-2/h22-25,65-66,70-71H,3-21,26-64H2,1-2H3,(H,69,72)/b24-22-,25-23-. The van der Waals surface area contributed by atoms with Gasteiger partial charge in [-0.05, 0) is 57.8 Å². The predicted octanol–water partition coefficient (Wildman–Crippen LogP) is 21.4. The Bertz CT molecular complexity index is 1150. The minimum atomic E-state index is -0.668. The molecule has 0 bridgehead atoms. The molecule has 0 aromatic rings. The second-order valence-electron chi connectivity index (χ2n) is 23.2. The van der Waals surface area contributed by atoms with Gasteiger partial charge in [-0.1, -0.05) is 327 Å². The van der Waals surface area contributed by atoms with Gasteiger partial charge in [0.05, 0.1) is 25.4 Å². The van der Waals surface area contributed by atoms with Crippen LogP contribution in [0.5, 0.6) is 0 Å². The van der Waals surface area contributed by atoms with E-state index >= 15 is 0 Å². The highest BCUT2D eigenvalue weighted by Crippen LogP contribution is 2.18. The van der Waals surface area contributed by atoms with Gasteiger partial charge in [0, 0.05) is 12.8 Å². The molecule has 0 aromatic heterocycles. The van der Waals surface area contributed by atoms with Crippen molar-refractivity contribution >= 4 is 11.9 Å². The van der Waals surface area contributed by atoms with Crippen molar-refractivity contribution in [2.75, 3.05) is 13.2 Å². The lowest BCUT2D eigenvalue weighted by Crippen LogP contribution is -2.45. The molecular weight excluding hydrogens is 911 g/mol. The van der Waals surface area contributed by atoms with E-state index in [1.54, 1.807) is 0 Å². The van der Waals surface area contributed by atoms with Gasteiger partial charge < -0.3 is 20.3 Å². The SMILES string of the molecule is CCCCCCCCCCCCCCCCCCCCC(=O)OCCCCCCCCCCC/C=C\C/C=C\CCCCCCCCCCCC(=O)NC(CO)C(O)CCCCCCCCCCCCCCCC. The minimum Gasteiger partial charge on any atom is -0.466 e. The van der Waals surface area contributed by atoms with Crippen LogP contribution in [0.3, 0.4) is 0 Å². The molecule has 0 fully saturated rings. The number of rotatable bonds is 63. The fourth-order valence-electron chi connectivity index (χ4n) is 10.6. The van der Waals surface area contributed by atoms with Gasteiger partial charge in [0.25, 0.3) is 0 Å². The van der Waals surface area contributed by atoms with E-state index in [2.05, 4.69) is 43.5 Å². The number of carbonyl (C=O) groups is 2. The van der Waals surface area contributed by atoms with Crippen molar-refractivity contribution in [2.24, 2.45) is 0 Å². The molecule has 0 aromatic carbocycles. The Morgan fingerprint density at radius 2 is 0.676 bits per heavy atom. The number of hydrogen-bond acceptors (Lipinski definition) is 5. The van der Waals surface area contributed by atoms with Crippen LogP contribution in [0.1, 0.15) is 373 Å². The molecule has 6 heteroatoms. The highest BCUT2D eigenvalue weighted by Gasteiger charge is 2.20. The Labute approximate surface area is 462 Å². The number of allylic oxidation sites excluding steroid dienone is 4. The highest BCUT2D eigenvalue weighted by molar-refractivity contribution is 5.76. The molecule has 0 saturated heterocycles. The summed E-state index contributed by atoms with van der Waals surface area (Å²) < 4.78 is 5.50. The molecule has 74 heavy (non-hydrogen) atoms. The topological polar surface area (TPSA) is 95.9 Å². The van der Waals surface area contributed by atoms with E-state index in [9.17, 15) is 19.8 Å². The first kappa shape index (κ1) is 72.3. The van der Waals surface area contributed by atoms with Crippen molar-refractivity contribution in [3.05, 3.63) is 24.3 Å². The van der Waals surface area contributed by atoms with Crippen molar-refractivity contribution in [3.63, 3.8) is 0 Å². The van der Waals surface area contributed by atoms with Crippen LogP contribution < -0.4 is 5.32 Å². The number of esters is 1. The highest BCUT2D eigenvalue weighted by atomic mass is 16.5. The maximum atomic E-state index is 12.5. The summed E-state index contributed by atoms with van der Waals surface area (Å²) in [7, 11) is 0. The first-order chi connectivity index (χ1) is 36.5. The summed E-state index contributed by atoms with van der Waals surface area (Å²) in [5.74, 6) is -0.0252. The fraction of sp³-hybridized carbons (Fsp3) is 0.912. The molecular formula is C68H131NO5. The van der Waals surface area contributed by atoms with Gasteiger partial charge in [-0.25, -0.2) is 0 Å². The second-order valence-corrected chi connectivity index (χ2v) is 23.2. The molecule has 0 aliphatic heterocycles. The van der Waals surface area contributed by atoms with Crippen molar-refractivity contribution in [1.82, 2.24) is 5.32 Å². The van der Waals surface area contributed by atoms with Crippen LogP contribution in [0.2, 0.25) is 0 Å². The summed E-state index contributed by atoms with van der Waals surface area (Å²) in [6.07, 6.45) is 79.2. The molecule has 2 unspecified atom stereocenters. The Hall–Kier alpha value is -1.66. The zero-order valence-electron chi connectivity index (χ0n) is 50.1. The van der Waals surface area contributed by atoms with Crippen LogP contribution in [0, 0.1) is 0 Å². The first-order valence-corrected chi connectivity index (χ1v) is 33.6. The van der Waals surface area contributed by atoms with Crippen LogP contribution in [0.25, 0.3) is 0 Å². The predicted molar refractivity (Wildman–Crippen MR) is 324 cm³/mol. The van der Waals surface area contributed by atoms with E-state index in [-0.39, 0.29) is 18.5 Å². The summed E-state index contributed by atoms with van der Waals surface area (Å²) in [6.45, 7) is 4.98. The fourth-order valence-corrected chi connectivity index (χ4v) is 10.6. The molecule has 2 atom stereocenters. The van der Waals surface area contributed by atoms with Crippen LogP contribution in [0.4, 0.5) is 0 Å². The Kier molecular flexibility index (Phi) is 62.4. The number of nitrogens with one attached hydrogen (secondary N) is 1. The van der Waals surface area contributed by atoms with Crippen molar-refractivity contribution < 1.29 is 24.5 Å². The van der Waals surface area contributed by atoms with Crippen LogP contribution in [-0.4, -0.2) is 47.4 Å². The molecule has 0 rings (SSSR count). The molecule has 1 amide bonds. The average molecular weight is 1040 g/mol. The Balaban J connectivity index is 3.40. The van der Waals surface area contributed by atoms with E-state index in [0.717, 1.165) is 44.9 Å². The average Bonchev–Trinajstić information content (AvgIpc) is 3.40. The van der Waals surface area contributed by atoms with E-state index in [4.69, 9.17) is 4.74 Å². The maximum Gasteiger partial charge on any atom is 0.305 e. The molecule has 0 radical (unpaired) electrons. The summed E-state index contributed by atoms with van der Waals surface area (Å²) in [6, 6.07) is -0.545. The maximum absolute atomic E-state index is 12.5. The van der Waals surface area contributed by atoms with E-state index in [1.165, 1.54) is 295 Å². The number of unbranched alkanes of at least 4 members (excludes halogenated alkanes) is 48. The lowest BCUT2D eigenvalue weighted by molar-refractivity contribution is -0.143. The third kappa shape index (κ3) is 59.6. The van der Waals surface area contributed by atoms with Crippen LogP contribution in [0.15, 0.2) is 24.3 Å². The van der Waals surface area contributed by atoms with Crippen molar-refractivity contribution in [3.8, 4) is 0 Å². The van der Waals surface area contributed by atoms with Crippen molar-refractivity contribution in [1.29, 1.82) is 0 Å². The molecule has 3 N–H and O–H groups in total. The molecule has 6 nitrogen and oxygen atoms in total. The lowest BCUT2D eigenvalue weighted by atomic mass is 10.0. The third-order valence-corrected chi connectivity index (χ3v) is 15.8. The van der Waals surface area contributed by atoms with Gasteiger partial charge >= 0.3 is 5.97 Å². The number of amides is 1. The molecule has 0 aliphatic carbocycles. The lowest BCUT2D eigenvalue weighted by Gasteiger charge is -2.22. The Morgan fingerprint density at radius 1 is 0.378 bits per heavy atom. The zero-order valence-corrected chi connectivity index (χ0v) is 50.1. The van der Waals surface area contributed by atoms with Gasteiger partial charge in [0.15, 0.2) is 0 Å². The number of hydrogen-bond donors (Lipinski definition) is 3. The first-order valence-electron chi connectivity index (χ1n) is 33.6. The van der Waals surface area contributed by atoms with Crippen LogP contribution in [-0.2, 0) is 14.3 Å². The molecule has 0 saturated carbocycles.